The maximum atomic E-state index is 9.90. The average Bonchev–Trinajstić information content (AvgIpc) is 2.90. The van der Waals surface area contributed by atoms with Crippen molar-refractivity contribution in [2.75, 3.05) is 0 Å². The van der Waals surface area contributed by atoms with Gasteiger partial charge in [0.25, 0.3) is 0 Å². The van der Waals surface area contributed by atoms with E-state index in [-0.39, 0.29) is 0 Å². The number of aromatic nitrogens is 3. The van der Waals surface area contributed by atoms with Crippen LogP contribution in [0.1, 0.15) is 25.6 Å². The molecule has 0 saturated heterocycles. The van der Waals surface area contributed by atoms with Gasteiger partial charge in [-0.2, -0.15) is 0 Å². The summed E-state index contributed by atoms with van der Waals surface area (Å²) in [4.78, 5) is 11.6. The zero-order valence-corrected chi connectivity index (χ0v) is 11.1. The number of aliphatic hydroxyl groups is 1. The van der Waals surface area contributed by atoms with E-state index >= 15 is 0 Å². The van der Waals surface area contributed by atoms with Gasteiger partial charge in [0.05, 0.1) is 11.9 Å². The van der Waals surface area contributed by atoms with Crippen LogP contribution in [0.25, 0.3) is 22.4 Å². The van der Waals surface area contributed by atoms with Gasteiger partial charge in [0, 0.05) is 12.5 Å². The van der Waals surface area contributed by atoms with Crippen molar-refractivity contribution in [2.24, 2.45) is 0 Å². The summed E-state index contributed by atoms with van der Waals surface area (Å²) in [5.41, 5.74) is 2.39. The Morgan fingerprint density at radius 2 is 2.11 bits per heavy atom. The zero-order chi connectivity index (χ0) is 13.6. The minimum atomic E-state index is -0.981. The number of hydrogen-bond donors (Lipinski definition) is 2. The van der Waals surface area contributed by atoms with Gasteiger partial charge in [0.15, 0.2) is 11.5 Å². The number of fused-ring (bicyclic) bond motifs is 1. The largest absolute Gasteiger partial charge is 0.441 e. The molecule has 0 atom stereocenters. The summed E-state index contributed by atoms with van der Waals surface area (Å²) in [6.45, 7) is 5.21. The Balaban J connectivity index is 2.06. The fourth-order valence-corrected chi connectivity index (χ4v) is 1.99. The molecule has 0 radical (unpaired) electrons. The minimum absolute atomic E-state index is 0.538. The van der Waals surface area contributed by atoms with Gasteiger partial charge in [-0.1, -0.05) is 6.07 Å². The van der Waals surface area contributed by atoms with Crippen LogP contribution in [0, 0.1) is 6.92 Å². The van der Waals surface area contributed by atoms with Crippen molar-refractivity contribution in [1.29, 1.82) is 0 Å². The van der Waals surface area contributed by atoms with E-state index in [1.165, 1.54) is 0 Å². The van der Waals surface area contributed by atoms with Crippen molar-refractivity contribution >= 4 is 11.1 Å². The quantitative estimate of drug-likeness (QED) is 0.740. The van der Waals surface area contributed by atoms with E-state index in [1.807, 2.05) is 25.1 Å². The maximum absolute atomic E-state index is 9.90. The Kier molecular flexibility index (Phi) is 2.46. The number of H-pyrrole nitrogens is 1. The van der Waals surface area contributed by atoms with Gasteiger partial charge < -0.3 is 14.5 Å². The van der Waals surface area contributed by atoms with Crippen LogP contribution in [0.3, 0.4) is 0 Å². The third-order valence-corrected chi connectivity index (χ3v) is 2.96. The Labute approximate surface area is 110 Å². The number of imidazole rings is 1. The molecule has 98 valence electrons. The van der Waals surface area contributed by atoms with E-state index < -0.39 is 5.60 Å². The van der Waals surface area contributed by atoms with E-state index in [1.54, 1.807) is 20.0 Å². The van der Waals surface area contributed by atoms with Gasteiger partial charge in [-0.25, -0.2) is 9.97 Å². The third-order valence-electron chi connectivity index (χ3n) is 2.96. The predicted octanol–water partition coefficient (Wildman–Crippen LogP) is 2.75. The van der Waals surface area contributed by atoms with Crippen LogP contribution < -0.4 is 0 Å². The van der Waals surface area contributed by atoms with Crippen LogP contribution >= 0.6 is 0 Å². The first-order valence-electron chi connectivity index (χ1n) is 6.09. The highest BCUT2D eigenvalue weighted by atomic mass is 16.3. The summed E-state index contributed by atoms with van der Waals surface area (Å²) in [5.74, 6) is 1.19. The van der Waals surface area contributed by atoms with Crippen molar-refractivity contribution in [2.45, 2.75) is 26.4 Å². The van der Waals surface area contributed by atoms with Crippen molar-refractivity contribution in [3.05, 3.63) is 36.1 Å². The molecule has 5 nitrogen and oxygen atoms in total. The molecule has 1 aromatic carbocycles. The molecular formula is C14H15N3O2. The molecule has 2 N–H and O–H groups in total. The Morgan fingerprint density at radius 3 is 2.79 bits per heavy atom. The average molecular weight is 257 g/mol. The summed E-state index contributed by atoms with van der Waals surface area (Å²) < 4.78 is 5.51. The predicted molar refractivity (Wildman–Crippen MR) is 71.6 cm³/mol. The highest BCUT2D eigenvalue weighted by molar-refractivity contribution is 5.79. The molecule has 0 spiro atoms. The first-order valence-corrected chi connectivity index (χ1v) is 6.09. The molecule has 0 saturated carbocycles. The zero-order valence-electron chi connectivity index (χ0n) is 11.1. The molecule has 19 heavy (non-hydrogen) atoms. The summed E-state index contributed by atoms with van der Waals surface area (Å²) in [6.07, 6.45) is 1.71. The summed E-state index contributed by atoms with van der Waals surface area (Å²) in [6, 6.07) is 5.77. The first kappa shape index (κ1) is 11.9. The molecule has 0 unspecified atom stereocenters. The fraction of sp³-hybridized carbons (Fsp3) is 0.286. The second-order valence-corrected chi connectivity index (χ2v) is 5.12. The normalized spacial score (nSPS) is 12.2. The van der Waals surface area contributed by atoms with E-state index in [0.717, 1.165) is 22.4 Å². The third kappa shape index (κ3) is 2.13. The number of hydrogen-bond acceptors (Lipinski definition) is 4. The van der Waals surface area contributed by atoms with Gasteiger partial charge >= 0.3 is 0 Å². The Bertz CT molecular complexity index is 735. The molecule has 0 aliphatic heterocycles. The Hall–Kier alpha value is -2.14. The van der Waals surface area contributed by atoms with E-state index in [2.05, 4.69) is 15.0 Å². The van der Waals surface area contributed by atoms with Crippen LogP contribution in [0.15, 0.2) is 28.8 Å². The number of rotatable bonds is 2. The van der Waals surface area contributed by atoms with Crippen LogP contribution in [0.2, 0.25) is 0 Å². The summed E-state index contributed by atoms with van der Waals surface area (Å²) in [5, 5.41) is 9.90. The van der Waals surface area contributed by atoms with Crippen LogP contribution in [-0.4, -0.2) is 20.1 Å². The second-order valence-electron chi connectivity index (χ2n) is 5.12. The molecule has 3 rings (SSSR count). The lowest BCUT2D eigenvalue weighted by molar-refractivity contribution is 0.0697. The second kappa shape index (κ2) is 3.93. The van der Waals surface area contributed by atoms with Crippen molar-refractivity contribution in [3.63, 3.8) is 0 Å². The highest BCUT2D eigenvalue weighted by Gasteiger charge is 2.20. The van der Waals surface area contributed by atoms with Crippen molar-refractivity contribution in [3.8, 4) is 11.3 Å². The van der Waals surface area contributed by atoms with E-state index in [4.69, 9.17) is 4.42 Å². The monoisotopic (exact) mass is 257 g/mol. The van der Waals surface area contributed by atoms with Gasteiger partial charge in [-0.05, 0) is 26.0 Å². The smallest absolute Gasteiger partial charge is 0.192 e. The van der Waals surface area contributed by atoms with Crippen molar-refractivity contribution < 1.29 is 9.52 Å². The first-order chi connectivity index (χ1) is 8.93. The molecule has 2 heterocycles. The number of nitrogens with one attached hydrogen (secondary N) is 1. The number of nitrogens with zero attached hydrogens (tertiary/aromatic N) is 2. The molecular weight excluding hydrogens is 242 g/mol. The summed E-state index contributed by atoms with van der Waals surface area (Å²) >= 11 is 0. The lowest BCUT2D eigenvalue weighted by atomic mass is 10.1. The molecule has 0 aliphatic rings. The summed E-state index contributed by atoms with van der Waals surface area (Å²) in [7, 11) is 0. The fourth-order valence-electron chi connectivity index (χ4n) is 1.99. The number of oxazole rings is 1. The van der Waals surface area contributed by atoms with Gasteiger partial charge in [-0.15, -0.1) is 0 Å². The van der Waals surface area contributed by atoms with Gasteiger partial charge in [0.2, 0.25) is 0 Å². The highest BCUT2D eigenvalue weighted by Crippen LogP contribution is 2.25. The van der Waals surface area contributed by atoms with Crippen molar-refractivity contribution in [1.82, 2.24) is 15.0 Å². The molecule has 0 bridgehead atoms. The van der Waals surface area contributed by atoms with E-state index in [9.17, 15) is 5.11 Å². The van der Waals surface area contributed by atoms with Gasteiger partial charge in [0.1, 0.15) is 16.9 Å². The number of benzene rings is 1. The minimum Gasteiger partial charge on any atom is -0.441 e. The molecule has 5 heteroatoms. The standard InChI is InChI=1S/C14H15N3O2/c1-8-16-10-5-4-9(6-12(10)19-8)11-7-15-13(17-11)14(2,3)18/h4-7,18H,1-3H3,(H,15,17). The number of aryl methyl sites for hydroxylation is 1. The molecule has 0 aliphatic carbocycles. The molecule has 0 fully saturated rings. The van der Waals surface area contributed by atoms with Crippen LogP contribution in [-0.2, 0) is 5.60 Å². The van der Waals surface area contributed by atoms with Crippen LogP contribution in [0.4, 0.5) is 0 Å². The lowest BCUT2D eigenvalue weighted by Gasteiger charge is -2.12. The topological polar surface area (TPSA) is 74.9 Å². The van der Waals surface area contributed by atoms with Gasteiger partial charge in [-0.3, -0.25) is 0 Å². The van der Waals surface area contributed by atoms with Crippen LogP contribution in [0.5, 0.6) is 0 Å². The number of aromatic amines is 1. The molecule has 3 aromatic rings. The molecule has 2 aromatic heterocycles. The van der Waals surface area contributed by atoms with E-state index in [0.29, 0.717) is 11.7 Å². The Morgan fingerprint density at radius 1 is 1.32 bits per heavy atom. The SMILES string of the molecule is Cc1nc2ccc(-c3cnc(C(C)(C)O)[nH]3)cc2o1. The molecule has 0 amide bonds. The lowest BCUT2D eigenvalue weighted by Crippen LogP contribution is -2.17. The maximum Gasteiger partial charge on any atom is 0.192 e.